The van der Waals surface area contributed by atoms with Gasteiger partial charge in [-0.3, -0.25) is 9.97 Å². The third-order valence-electron chi connectivity index (χ3n) is 4.34. The molecule has 0 saturated heterocycles. The summed E-state index contributed by atoms with van der Waals surface area (Å²) in [6, 6.07) is 19.8. The molecular formula is C21H17N3. The molecule has 1 atom stereocenters. The molecule has 0 aliphatic heterocycles. The summed E-state index contributed by atoms with van der Waals surface area (Å²) in [7, 11) is 0. The van der Waals surface area contributed by atoms with E-state index in [4.69, 9.17) is 10.7 Å². The molecule has 0 bridgehead atoms. The molecule has 0 radical (unpaired) electrons. The average molecular weight is 311 g/mol. The van der Waals surface area contributed by atoms with Crippen LogP contribution < -0.4 is 5.73 Å². The van der Waals surface area contributed by atoms with Crippen molar-refractivity contribution >= 4 is 27.9 Å². The van der Waals surface area contributed by atoms with Gasteiger partial charge in [-0.2, -0.15) is 0 Å². The Labute approximate surface area is 140 Å². The molecule has 0 aliphatic rings. The van der Waals surface area contributed by atoms with E-state index in [1.54, 1.807) is 6.20 Å². The van der Waals surface area contributed by atoms with Crippen molar-refractivity contribution in [1.82, 2.24) is 9.97 Å². The van der Waals surface area contributed by atoms with Gasteiger partial charge in [0.15, 0.2) is 0 Å². The minimum Gasteiger partial charge on any atom is -0.319 e. The smallest absolute Gasteiger partial charge is 0.0733 e. The molecule has 2 heterocycles. The zero-order valence-electron chi connectivity index (χ0n) is 13.2. The van der Waals surface area contributed by atoms with Crippen LogP contribution in [0.1, 0.15) is 22.9 Å². The first-order chi connectivity index (χ1) is 11.8. The highest BCUT2D eigenvalue weighted by atomic mass is 14.8. The zero-order valence-corrected chi connectivity index (χ0v) is 13.2. The molecule has 116 valence electrons. The van der Waals surface area contributed by atoms with E-state index in [9.17, 15) is 0 Å². The molecule has 0 aliphatic carbocycles. The lowest BCUT2D eigenvalue weighted by Gasteiger charge is -2.15. The number of hydrogen-bond donors (Lipinski definition) is 1. The number of nitrogens with zero attached hydrogens (tertiary/aromatic N) is 2. The Balaban J connectivity index is 1.86. The van der Waals surface area contributed by atoms with E-state index in [-0.39, 0.29) is 6.04 Å². The number of aromatic nitrogens is 2. The van der Waals surface area contributed by atoms with Gasteiger partial charge in [-0.25, -0.2) is 0 Å². The molecule has 2 aromatic heterocycles. The molecule has 0 unspecified atom stereocenters. The maximum Gasteiger partial charge on any atom is 0.0733 e. The lowest BCUT2D eigenvalue weighted by molar-refractivity contribution is 0.842. The molecule has 0 spiro atoms. The summed E-state index contributed by atoms with van der Waals surface area (Å²) in [6.07, 6.45) is 3.65. The molecule has 3 nitrogen and oxygen atoms in total. The lowest BCUT2D eigenvalue weighted by Crippen LogP contribution is -2.14. The van der Waals surface area contributed by atoms with E-state index < -0.39 is 0 Å². The minimum atomic E-state index is -0.297. The van der Waals surface area contributed by atoms with Gasteiger partial charge in [0.25, 0.3) is 0 Å². The Hall–Kier alpha value is -3.04. The van der Waals surface area contributed by atoms with E-state index in [1.165, 1.54) is 0 Å². The van der Waals surface area contributed by atoms with Crippen LogP contribution in [-0.4, -0.2) is 9.97 Å². The van der Waals surface area contributed by atoms with Gasteiger partial charge in [-0.05, 0) is 35.4 Å². The molecule has 4 aromatic rings. The van der Waals surface area contributed by atoms with E-state index in [0.717, 1.165) is 38.6 Å². The summed E-state index contributed by atoms with van der Waals surface area (Å²) in [4.78, 5) is 9.18. The maximum absolute atomic E-state index is 6.53. The van der Waals surface area contributed by atoms with Crippen LogP contribution in [0.3, 0.4) is 0 Å². The Kier molecular flexibility index (Phi) is 3.56. The van der Waals surface area contributed by atoms with Crippen molar-refractivity contribution in [3.05, 3.63) is 90.3 Å². The first-order valence-corrected chi connectivity index (χ1v) is 7.89. The molecular weight excluding hydrogens is 294 g/mol. The van der Waals surface area contributed by atoms with Crippen LogP contribution in [0.5, 0.6) is 0 Å². The predicted octanol–water partition coefficient (Wildman–Crippen LogP) is 4.47. The van der Waals surface area contributed by atoms with Crippen molar-refractivity contribution in [2.75, 3.05) is 0 Å². The van der Waals surface area contributed by atoms with Gasteiger partial charge >= 0.3 is 0 Å². The average Bonchev–Trinajstić information content (AvgIpc) is 2.66. The monoisotopic (exact) mass is 311 g/mol. The predicted molar refractivity (Wildman–Crippen MR) is 99.6 cm³/mol. The van der Waals surface area contributed by atoms with Gasteiger partial charge < -0.3 is 5.73 Å². The number of pyridine rings is 2. The molecule has 4 rings (SSSR count). The number of para-hydroxylation sites is 1. The third-order valence-corrected chi connectivity index (χ3v) is 4.34. The highest BCUT2D eigenvalue weighted by Crippen LogP contribution is 2.27. The summed E-state index contributed by atoms with van der Waals surface area (Å²) in [5, 5.41) is 2.15. The van der Waals surface area contributed by atoms with E-state index in [0.29, 0.717) is 0 Å². The van der Waals surface area contributed by atoms with Crippen molar-refractivity contribution in [3.8, 4) is 0 Å². The SMILES string of the molecule is C=Cc1cccc2nc([C@H](N)c3ccnc4ccccc34)ccc12. The summed E-state index contributed by atoms with van der Waals surface area (Å²) < 4.78 is 0. The lowest BCUT2D eigenvalue weighted by atomic mass is 9.99. The van der Waals surface area contributed by atoms with Crippen LogP contribution in [0.15, 0.2) is 73.4 Å². The summed E-state index contributed by atoms with van der Waals surface area (Å²) in [6.45, 7) is 3.86. The first-order valence-electron chi connectivity index (χ1n) is 7.89. The second-order valence-electron chi connectivity index (χ2n) is 5.75. The van der Waals surface area contributed by atoms with Crippen LogP contribution in [0.4, 0.5) is 0 Å². The van der Waals surface area contributed by atoms with Crippen LogP contribution in [-0.2, 0) is 0 Å². The summed E-state index contributed by atoms with van der Waals surface area (Å²) in [5.41, 5.74) is 11.4. The van der Waals surface area contributed by atoms with Crippen molar-refractivity contribution in [2.45, 2.75) is 6.04 Å². The van der Waals surface area contributed by atoms with Gasteiger partial charge in [0.2, 0.25) is 0 Å². The van der Waals surface area contributed by atoms with Crippen LogP contribution in [0, 0.1) is 0 Å². The maximum atomic E-state index is 6.53. The highest BCUT2D eigenvalue weighted by molar-refractivity contribution is 5.88. The van der Waals surface area contributed by atoms with Crippen molar-refractivity contribution in [1.29, 1.82) is 0 Å². The molecule has 0 fully saturated rings. The fourth-order valence-corrected chi connectivity index (χ4v) is 3.09. The van der Waals surface area contributed by atoms with Crippen molar-refractivity contribution < 1.29 is 0 Å². The molecule has 24 heavy (non-hydrogen) atoms. The van der Waals surface area contributed by atoms with Crippen LogP contribution >= 0.6 is 0 Å². The molecule has 0 amide bonds. The van der Waals surface area contributed by atoms with E-state index >= 15 is 0 Å². The number of fused-ring (bicyclic) bond motifs is 2. The molecule has 0 saturated carbocycles. The summed E-state index contributed by atoms with van der Waals surface area (Å²) in [5.74, 6) is 0. The Bertz CT molecular complexity index is 1050. The van der Waals surface area contributed by atoms with Crippen LogP contribution in [0.25, 0.3) is 27.9 Å². The van der Waals surface area contributed by atoms with E-state index in [1.807, 2.05) is 60.7 Å². The van der Waals surface area contributed by atoms with Crippen molar-refractivity contribution in [2.24, 2.45) is 5.73 Å². The number of benzene rings is 2. The fourth-order valence-electron chi connectivity index (χ4n) is 3.09. The normalized spacial score (nSPS) is 12.4. The molecule has 2 aromatic carbocycles. The third kappa shape index (κ3) is 2.36. The quantitative estimate of drug-likeness (QED) is 0.607. The first kappa shape index (κ1) is 14.5. The van der Waals surface area contributed by atoms with Crippen LogP contribution in [0.2, 0.25) is 0 Å². The number of nitrogens with two attached hydrogens (primary N) is 1. The largest absolute Gasteiger partial charge is 0.319 e. The van der Waals surface area contributed by atoms with Crippen molar-refractivity contribution in [3.63, 3.8) is 0 Å². The fraction of sp³-hybridized carbons (Fsp3) is 0.0476. The van der Waals surface area contributed by atoms with Gasteiger partial charge in [0.05, 0.1) is 22.8 Å². The summed E-state index contributed by atoms with van der Waals surface area (Å²) >= 11 is 0. The second-order valence-corrected chi connectivity index (χ2v) is 5.75. The topological polar surface area (TPSA) is 51.8 Å². The van der Waals surface area contributed by atoms with Gasteiger partial charge in [0.1, 0.15) is 0 Å². The Morgan fingerprint density at radius 1 is 0.875 bits per heavy atom. The Morgan fingerprint density at radius 3 is 2.58 bits per heavy atom. The number of hydrogen-bond acceptors (Lipinski definition) is 3. The van der Waals surface area contributed by atoms with Gasteiger partial charge in [0, 0.05) is 17.0 Å². The molecule has 2 N–H and O–H groups in total. The van der Waals surface area contributed by atoms with Gasteiger partial charge in [-0.1, -0.05) is 49.1 Å². The van der Waals surface area contributed by atoms with E-state index in [2.05, 4.69) is 17.6 Å². The highest BCUT2D eigenvalue weighted by Gasteiger charge is 2.14. The standard InChI is InChI=1S/C21H17N3/c1-2-14-6-5-9-19-15(14)10-11-20(24-19)21(22)17-12-13-23-18-8-4-3-7-16(17)18/h2-13,21H,1,22H2/t21-/m1/s1. The van der Waals surface area contributed by atoms with Gasteiger partial charge in [-0.15, -0.1) is 0 Å². The zero-order chi connectivity index (χ0) is 16.5. The second kappa shape index (κ2) is 5.87. The Morgan fingerprint density at radius 2 is 1.71 bits per heavy atom. The molecule has 3 heteroatoms. The minimum absolute atomic E-state index is 0.297. The number of rotatable bonds is 3.